The summed E-state index contributed by atoms with van der Waals surface area (Å²) in [5.41, 5.74) is 4.94. The largest absolute Gasteiger partial charge is 0.480 e. The van der Waals surface area contributed by atoms with Crippen LogP contribution in [-0.2, 0) is 4.79 Å². The number of thiol groups is 1. The molecule has 186 valence electrons. The first-order valence-electron chi connectivity index (χ1n) is 1.77. The maximum Gasteiger partial charge on any atom is 0.321 e. The van der Waals surface area contributed by atoms with Crippen molar-refractivity contribution in [3.05, 3.63) is 0 Å². The number of carbonyl (C=O) groups is 1. The Morgan fingerprint density at radius 3 is 0.720 bits per heavy atom. The standard InChI is InChI=1S/C3H7NO2S.18H2O/c4-2(1-7)3(5)6;;;;;;;;;;;;;;;;;;/h2,7H,1,4H2,(H,5,6);18*1H2/t2-;;;;;;;;;;;;;;;;;;/m1................../s1. The number of hydrogen-bond acceptors (Lipinski definition) is 3. The number of hydrogen-bond donors (Lipinski definition) is 3. The summed E-state index contributed by atoms with van der Waals surface area (Å²) in [6.45, 7) is 0. The van der Waals surface area contributed by atoms with Gasteiger partial charge >= 0.3 is 5.97 Å². The lowest BCUT2D eigenvalue weighted by molar-refractivity contribution is -0.137. The summed E-state index contributed by atoms with van der Waals surface area (Å²) in [6, 6.07) is -0.816. The van der Waals surface area contributed by atoms with Gasteiger partial charge in [0.1, 0.15) is 6.04 Å². The van der Waals surface area contributed by atoms with Crippen molar-refractivity contribution in [3.8, 4) is 0 Å². The Kier molecular flexibility index (Phi) is 6110. The molecule has 21 nitrogen and oxygen atoms in total. The maximum absolute atomic E-state index is 9.76. The third-order valence-electron chi connectivity index (χ3n) is 0.514. The fourth-order valence-electron chi connectivity index (χ4n) is 0.0781. The van der Waals surface area contributed by atoms with E-state index >= 15 is 0 Å². The Morgan fingerprint density at radius 1 is 0.600 bits per heavy atom. The van der Waals surface area contributed by atoms with Crippen LogP contribution in [0.5, 0.6) is 0 Å². The van der Waals surface area contributed by atoms with Gasteiger partial charge in [-0.25, -0.2) is 0 Å². The predicted octanol–water partition coefficient (Wildman–Crippen LogP) is -15.5. The Bertz CT molecular complexity index is 87.3. The van der Waals surface area contributed by atoms with Gasteiger partial charge in [0.2, 0.25) is 0 Å². The van der Waals surface area contributed by atoms with E-state index in [9.17, 15) is 4.79 Å². The Labute approximate surface area is 146 Å². The minimum Gasteiger partial charge on any atom is -0.480 e. The van der Waals surface area contributed by atoms with Gasteiger partial charge in [-0.2, -0.15) is 12.6 Å². The van der Waals surface area contributed by atoms with Crippen LogP contribution < -0.4 is 5.73 Å². The molecule has 0 aliphatic heterocycles. The Morgan fingerprint density at radius 2 is 0.720 bits per heavy atom. The Hall–Kier alpha value is -0.940. The molecule has 22 heteroatoms. The fraction of sp³-hybridized carbons (Fsp3) is 0.667. The molecule has 0 saturated heterocycles. The number of carboxylic acid groups (broad SMARTS) is 1. The van der Waals surface area contributed by atoms with Gasteiger partial charge in [-0.3, -0.25) is 4.79 Å². The van der Waals surface area contributed by atoms with E-state index in [1.54, 1.807) is 0 Å². The van der Waals surface area contributed by atoms with Crippen molar-refractivity contribution in [1.29, 1.82) is 0 Å². The first-order chi connectivity index (χ1) is 3.18. The van der Waals surface area contributed by atoms with Gasteiger partial charge in [-0.1, -0.05) is 0 Å². The summed E-state index contributed by atoms with van der Waals surface area (Å²) in [7, 11) is 0. The van der Waals surface area contributed by atoms with Crippen molar-refractivity contribution < 1.29 is 108 Å². The first kappa shape index (κ1) is 500. The van der Waals surface area contributed by atoms with E-state index in [0.717, 1.165) is 0 Å². The monoisotopic (exact) mass is 445 g/mol. The number of rotatable bonds is 2. The molecule has 0 aliphatic carbocycles. The zero-order valence-electron chi connectivity index (χ0n) is 12.7. The molecular weight excluding hydrogens is 402 g/mol. The van der Waals surface area contributed by atoms with E-state index in [1.807, 2.05) is 0 Å². The highest BCUT2D eigenvalue weighted by Crippen LogP contribution is 1.80. The zero-order valence-corrected chi connectivity index (χ0v) is 13.6. The van der Waals surface area contributed by atoms with Crippen LogP contribution in [-0.4, -0.2) is 121 Å². The highest BCUT2D eigenvalue weighted by Gasteiger charge is 2.06. The van der Waals surface area contributed by atoms with E-state index in [-0.39, 0.29) is 104 Å². The summed E-state index contributed by atoms with van der Waals surface area (Å²) >= 11 is 3.65. The highest BCUT2D eigenvalue weighted by molar-refractivity contribution is 7.80. The summed E-state index contributed by atoms with van der Waals surface area (Å²) in [6.07, 6.45) is 0. The van der Waals surface area contributed by atoms with Crippen LogP contribution in [0.1, 0.15) is 0 Å². The average Bonchev–Trinajstić information content (AvgIpc) is 1.65. The molecule has 0 aromatic heterocycles. The minimum atomic E-state index is -1.00. The molecule has 0 amide bonds. The average molecular weight is 445 g/mol. The van der Waals surface area contributed by atoms with Crippen LogP contribution in [0.2, 0.25) is 0 Å². The topological polar surface area (TPSA) is 630 Å². The van der Waals surface area contributed by atoms with Crippen LogP contribution in [0.3, 0.4) is 0 Å². The normalized spacial score (nSPS) is 3.76. The summed E-state index contributed by atoms with van der Waals surface area (Å²) in [4.78, 5) is 9.76. The highest BCUT2D eigenvalue weighted by atomic mass is 32.1. The second-order valence-corrected chi connectivity index (χ2v) is 1.49. The first-order valence-corrected chi connectivity index (χ1v) is 2.41. The van der Waals surface area contributed by atoms with Gasteiger partial charge in [0.25, 0.3) is 0 Å². The molecule has 0 aliphatic rings. The molecule has 0 spiro atoms. The molecule has 1 atom stereocenters. The zero-order chi connectivity index (χ0) is 5.86. The van der Waals surface area contributed by atoms with Crippen molar-refractivity contribution in [2.24, 2.45) is 5.73 Å². The third-order valence-corrected chi connectivity index (χ3v) is 0.907. The molecule has 0 fully saturated rings. The van der Waals surface area contributed by atoms with Crippen molar-refractivity contribution in [1.82, 2.24) is 0 Å². The van der Waals surface area contributed by atoms with Crippen molar-refractivity contribution in [2.45, 2.75) is 6.04 Å². The van der Waals surface area contributed by atoms with Gasteiger partial charge in [0.15, 0.2) is 0 Å². The van der Waals surface area contributed by atoms with E-state index in [0.29, 0.717) is 0 Å². The molecule has 0 aromatic rings. The van der Waals surface area contributed by atoms with Gasteiger partial charge < -0.3 is 109 Å². The van der Waals surface area contributed by atoms with E-state index < -0.39 is 12.0 Å². The number of aliphatic carboxylic acids is 1. The smallest absolute Gasteiger partial charge is 0.321 e. The quantitative estimate of drug-likeness (QED) is 0.348. The minimum absolute atomic E-state index is 0. The van der Waals surface area contributed by atoms with Crippen LogP contribution in [0, 0.1) is 0 Å². The molecule has 25 heavy (non-hydrogen) atoms. The molecule has 0 rings (SSSR count). The number of carboxylic acids is 1. The van der Waals surface area contributed by atoms with Crippen LogP contribution in [0.25, 0.3) is 0 Å². The lowest BCUT2D eigenvalue weighted by Gasteiger charge is -1.96. The van der Waals surface area contributed by atoms with Crippen molar-refractivity contribution in [2.75, 3.05) is 5.75 Å². The molecule has 0 unspecified atom stereocenters. The summed E-state index contributed by atoms with van der Waals surface area (Å²) < 4.78 is 0. The van der Waals surface area contributed by atoms with E-state index in [2.05, 4.69) is 12.6 Å². The van der Waals surface area contributed by atoms with Crippen LogP contribution in [0.4, 0.5) is 0 Å². The second kappa shape index (κ2) is 306. The van der Waals surface area contributed by atoms with Crippen LogP contribution in [0.15, 0.2) is 0 Å². The van der Waals surface area contributed by atoms with E-state index in [4.69, 9.17) is 10.8 Å². The molecule has 0 radical (unpaired) electrons. The fourth-order valence-corrected chi connectivity index (χ4v) is 0.234. The van der Waals surface area contributed by atoms with Gasteiger partial charge in [0, 0.05) is 5.75 Å². The molecule has 0 saturated carbocycles. The predicted molar refractivity (Wildman–Crippen MR) is 94.5 cm³/mol. The lowest BCUT2D eigenvalue weighted by atomic mass is 10.4. The number of nitrogens with two attached hydrogens (primary N) is 1. The summed E-state index contributed by atoms with van der Waals surface area (Å²) in [5.74, 6) is -0.815. The molecule has 0 bridgehead atoms. The van der Waals surface area contributed by atoms with Crippen molar-refractivity contribution >= 4 is 18.6 Å². The molecule has 39 N–H and O–H groups in total. The van der Waals surface area contributed by atoms with Gasteiger partial charge in [-0.05, 0) is 0 Å². The molecule has 0 heterocycles. The van der Waals surface area contributed by atoms with Crippen LogP contribution >= 0.6 is 12.6 Å². The maximum atomic E-state index is 9.76. The molecular formula is C3H43NO20S. The second-order valence-electron chi connectivity index (χ2n) is 1.13. The van der Waals surface area contributed by atoms with Gasteiger partial charge in [0.05, 0.1) is 0 Å². The molecule has 0 aromatic carbocycles. The lowest BCUT2D eigenvalue weighted by Crippen LogP contribution is -2.31. The Balaban J connectivity index is -0.00000000118. The van der Waals surface area contributed by atoms with Gasteiger partial charge in [-0.15, -0.1) is 0 Å². The van der Waals surface area contributed by atoms with E-state index in [1.165, 1.54) is 0 Å². The summed E-state index contributed by atoms with van der Waals surface area (Å²) in [5, 5.41) is 8.01. The van der Waals surface area contributed by atoms with Crippen molar-refractivity contribution in [3.63, 3.8) is 0 Å². The third kappa shape index (κ3) is 399. The SMILES string of the molecule is N[C@H](CS)C(=O)O.O.O.O.O.O.O.O.O.O.O.O.O.O.O.O.O.O.O.